The highest BCUT2D eigenvalue weighted by Crippen LogP contribution is 2.13. The number of ether oxygens (including phenoxy) is 3. The van der Waals surface area contributed by atoms with E-state index in [0.29, 0.717) is 25.7 Å². The summed E-state index contributed by atoms with van der Waals surface area (Å²) < 4.78 is 16.8. The summed E-state index contributed by atoms with van der Waals surface area (Å²) in [5, 5.41) is 0. The van der Waals surface area contributed by atoms with Crippen LogP contribution in [0.4, 0.5) is 0 Å². The van der Waals surface area contributed by atoms with Crippen LogP contribution in [0.3, 0.4) is 0 Å². The van der Waals surface area contributed by atoms with Crippen molar-refractivity contribution in [3.8, 4) is 0 Å². The second-order valence-electron chi connectivity index (χ2n) is 19.8. The second-order valence-corrected chi connectivity index (χ2v) is 19.8. The fourth-order valence-electron chi connectivity index (χ4n) is 7.91. The molecule has 0 aliphatic carbocycles. The maximum Gasteiger partial charge on any atom is 0.306 e. The van der Waals surface area contributed by atoms with Gasteiger partial charge in [0.05, 0.1) is 0 Å². The zero-order valence-corrected chi connectivity index (χ0v) is 49.4. The summed E-state index contributed by atoms with van der Waals surface area (Å²) in [6, 6.07) is 0. The van der Waals surface area contributed by atoms with E-state index in [9.17, 15) is 14.4 Å². The van der Waals surface area contributed by atoms with E-state index in [1.54, 1.807) is 0 Å². The van der Waals surface area contributed by atoms with E-state index >= 15 is 0 Å². The Bertz CT molecular complexity index is 1740. The van der Waals surface area contributed by atoms with Gasteiger partial charge < -0.3 is 14.2 Å². The number of esters is 3. The van der Waals surface area contributed by atoms with E-state index in [1.165, 1.54) is 51.4 Å². The molecule has 0 aromatic carbocycles. The first-order chi connectivity index (χ1) is 38.0. The standard InChI is InChI=1S/C71H112O6/c1-4-7-10-13-16-19-22-25-28-30-32-34-35-37-38-40-43-46-49-52-55-58-61-64-70(73)76-67-68(66-75-69(72)63-60-57-54-51-48-45-42-27-24-21-18-15-12-9-6-3)77-71(74)65-62-59-56-53-50-47-44-41-39-36-33-31-29-26-23-20-17-14-11-8-5-2/h7,9-10,12,16,18-19,21,23,25-28,31-34,37-39,41-43,46,48,51,68H,4-6,8,11,13-15,17,20,22,24,29-30,35-36,40,44-45,47,49-50,52-67H2,1-3H3/b10-7-,12-9-,19-16-,21-18-,26-23-,28-25-,33-31-,34-32-,38-37-,41-39-,42-27-,46-43-,51-48-. The highest BCUT2D eigenvalue weighted by Gasteiger charge is 2.19. The fraction of sp³-hybridized carbons (Fsp3) is 0.592. The summed E-state index contributed by atoms with van der Waals surface area (Å²) in [5.41, 5.74) is 0. The fourth-order valence-corrected chi connectivity index (χ4v) is 7.91. The van der Waals surface area contributed by atoms with Crippen molar-refractivity contribution in [3.05, 3.63) is 158 Å². The van der Waals surface area contributed by atoms with Gasteiger partial charge in [0.2, 0.25) is 0 Å². The molecule has 0 radical (unpaired) electrons. The third kappa shape index (κ3) is 61.8. The molecule has 77 heavy (non-hydrogen) atoms. The van der Waals surface area contributed by atoms with E-state index in [-0.39, 0.29) is 31.1 Å². The van der Waals surface area contributed by atoms with Crippen LogP contribution in [-0.4, -0.2) is 37.2 Å². The van der Waals surface area contributed by atoms with Crippen molar-refractivity contribution in [2.24, 2.45) is 0 Å². The van der Waals surface area contributed by atoms with Crippen molar-refractivity contribution in [3.63, 3.8) is 0 Å². The average Bonchev–Trinajstić information content (AvgIpc) is 3.43. The van der Waals surface area contributed by atoms with Gasteiger partial charge >= 0.3 is 17.9 Å². The SMILES string of the molecule is CC/C=C\C/C=C\C/C=C\C/C=C\C/C=C\C/C=C\CCCCCCC(=O)OCC(COC(=O)CCCC/C=C\C/C=C\C/C=C\C/C=C\CC)OC(=O)CCCCCCCC/C=C\C/C=C\C/C=C\CCCCCCC. The normalized spacial score (nSPS) is 13.2. The molecule has 1 unspecified atom stereocenters. The molecule has 0 bridgehead atoms. The first-order valence-corrected chi connectivity index (χ1v) is 31.0. The lowest BCUT2D eigenvalue weighted by molar-refractivity contribution is -0.167. The quantitative estimate of drug-likeness (QED) is 0.0261. The Morgan fingerprint density at radius 1 is 0.273 bits per heavy atom. The van der Waals surface area contributed by atoms with Crippen LogP contribution in [0.2, 0.25) is 0 Å². The van der Waals surface area contributed by atoms with Crippen molar-refractivity contribution in [2.45, 2.75) is 258 Å². The highest BCUT2D eigenvalue weighted by molar-refractivity contribution is 5.71. The maximum atomic E-state index is 12.9. The van der Waals surface area contributed by atoms with Gasteiger partial charge in [-0.05, 0) is 148 Å². The molecule has 0 aromatic heterocycles. The smallest absolute Gasteiger partial charge is 0.306 e. The monoisotopic (exact) mass is 1060 g/mol. The summed E-state index contributed by atoms with van der Waals surface area (Å²) in [5.74, 6) is -1.000. The van der Waals surface area contributed by atoms with Crippen LogP contribution in [-0.2, 0) is 28.6 Å². The van der Waals surface area contributed by atoms with Crippen molar-refractivity contribution >= 4 is 17.9 Å². The number of hydrogen-bond acceptors (Lipinski definition) is 6. The zero-order chi connectivity index (χ0) is 55.7. The maximum absolute atomic E-state index is 12.9. The predicted octanol–water partition coefficient (Wildman–Crippen LogP) is 21.3. The molecule has 0 saturated carbocycles. The van der Waals surface area contributed by atoms with Crippen LogP contribution in [0.5, 0.6) is 0 Å². The predicted molar refractivity (Wildman–Crippen MR) is 334 cm³/mol. The number of carbonyl (C=O) groups is 3. The molecule has 0 rings (SSSR count). The van der Waals surface area contributed by atoms with Crippen molar-refractivity contribution in [2.75, 3.05) is 13.2 Å². The van der Waals surface area contributed by atoms with E-state index in [1.807, 2.05) is 0 Å². The molecule has 6 heteroatoms. The van der Waals surface area contributed by atoms with Crippen molar-refractivity contribution in [1.82, 2.24) is 0 Å². The lowest BCUT2D eigenvalue weighted by Crippen LogP contribution is -2.30. The van der Waals surface area contributed by atoms with Gasteiger partial charge in [0, 0.05) is 19.3 Å². The van der Waals surface area contributed by atoms with Crippen LogP contribution in [0, 0.1) is 0 Å². The van der Waals surface area contributed by atoms with E-state index < -0.39 is 6.10 Å². The average molecular weight is 1060 g/mol. The molecule has 0 N–H and O–H groups in total. The third-order valence-corrected chi connectivity index (χ3v) is 12.5. The minimum atomic E-state index is -0.823. The van der Waals surface area contributed by atoms with Crippen LogP contribution in [0.25, 0.3) is 0 Å². The largest absolute Gasteiger partial charge is 0.462 e. The van der Waals surface area contributed by atoms with Gasteiger partial charge in [0.25, 0.3) is 0 Å². The number of rotatable bonds is 54. The number of carbonyl (C=O) groups excluding carboxylic acids is 3. The minimum Gasteiger partial charge on any atom is -0.462 e. The van der Waals surface area contributed by atoms with Gasteiger partial charge in [0.1, 0.15) is 13.2 Å². The van der Waals surface area contributed by atoms with Gasteiger partial charge in [-0.25, -0.2) is 0 Å². The summed E-state index contributed by atoms with van der Waals surface area (Å²) >= 11 is 0. The van der Waals surface area contributed by atoms with Gasteiger partial charge in [0.15, 0.2) is 6.10 Å². The van der Waals surface area contributed by atoms with Gasteiger partial charge in [-0.15, -0.1) is 0 Å². The molecule has 0 saturated heterocycles. The highest BCUT2D eigenvalue weighted by atomic mass is 16.6. The summed E-state index contributed by atoms with van der Waals surface area (Å²) in [4.78, 5) is 38.3. The first-order valence-electron chi connectivity index (χ1n) is 31.0. The van der Waals surface area contributed by atoms with Crippen LogP contribution < -0.4 is 0 Å². The van der Waals surface area contributed by atoms with Crippen LogP contribution in [0.1, 0.15) is 252 Å². The Morgan fingerprint density at radius 3 is 0.818 bits per heavy atom. The molecule has 432 valence electrons. The molecule has 0 amide bonds. The van der Waals surface area contributed by atoms with Crippen molar-refractivity contribution < 1.29 is 28.6 Å². The van der Waals surface area contributed by atoms with Gasteiger partial charge in [-0.1, -0.05) is 243 Å². The molecule has 0 heterocycles. The van der Waals surface area contributed by atoms with Gasteiger partial charge in [-0.2, -0.15) is 0 Å². The Hall–Kier alpha value is -4.97. The third-order valence-electron chi connectivity index (χ3n) is 12.5. The van der Waals surface area contributed by atoms with E-state index in [2.05, 4.69) is 179 Å². The molecule has 0 aliphatic heterocycles. The molecule has 1 atom stereocenters. The molecular formula is C71H112O6. The summed E-state index contributed by atoms with van der Waals surface area (Å²) in [6.45, 7) is 6.32. The van der Waals surface area contributed by atoms with E-state index in [4.69, 9.17) is 14.2 Å². The Kier molecular flexibility index (Phi) is 59.5. The number of hydrogen-bond donors (Lipinski definition) is 0. The Balaban J connectivity index is 4.53. The second kappa shape index (κ2) is 63.6. The Morgan fingerprint density at radius 2 is 0.506 bits per heavy atom. The minimum absolute atomic E-state index is 0.117. The molecule has 0 aromatic rings. The topological polar surface area (TPSA) is 78.9 Å². The summed E-state index contributed by atoms with van der Waals surface area (Å²) in [6.07, 6.45) is 92.4. The molecular weight excluding hydrogens is 949 g/mol. The molecule has 0 fully saturated rings. The number of unbranched alkanes of at least 4 members (excludes halogenated alkanes) is 17. The molecule has 0 spiro atoms. The Labute approximate surface area is 473 Å². The van der Waals surface area contributed by atoms with Gasteiger partial charge in [-0.3, -0.25) is 14.4 Å². The van der Waals surface area contributed by atoms with E-state index in [0.717, 1.165) is 154 Å². The van der Waals surface area contributed by atoms with Crippen molar-refractivity contribution in [1.29, 1.82) is 0 Å². The lowest BCUT2D eigenvalue weighted by atomic mass is 10.1. The molecule has 0 aliphatic rings. The number of allylic oxidation sites excluding steroid dienone is 26. The summed E-state index contributed by atoms with van der Waals surface area (Å²) in [7, 11) is 0. The molecule has 6 nitrogen and oxygen atoms in total. The lowest BCUT2D eigenvalue weighted by Gasteiger charge is -2.18. The van der Waals surface area contributed by atoms with Crippen LogP contribution in [0.15, 0.2) is 158 Å². The first kappa shape index (κ1) is 72.0. The van der Waals surface area contributed by atoms with Crippen LogP contribution >= 0.6 is 0 Å². The zero-order valence-electron chi connectivity index (χ0n) is 49.4.